The Hall–Kier alpha value is -2.65. The van der Waals surface area contributed by atoms with Gasteiger partial charge in [-0.05, 0) is 68.0 Å². The number of nitrogens with zero attached hydrogens (tertiary/aromatic N) is 2. The van der Waals surface area contributed by atoms with Crippen molar-refractivity contribution in [3.8, 4) is 5.75 Å². The lowest BCUT2D eigenvalue weighted by atomic mass is 9.80. The fraction of sp³-hybridized carbons (Fsp3) is 0.556. The minimum Gasteiger partial charge on any atom is -0.477 e. The van der Waals surface area contributed by atoms with Crippen LogP contribution in [0.3, 0.4) is 0 Å². The van der Waals surface area contributed by atoms with E-state index in [1.807, 2.05) is 19.1 Å². The molecule has 1 amide bonds. The Morgan fingerprint density at radius 1 is 1.11 bits per heavy atom. The number of amides is 1. The fourth-order valence-corrected chi connectivity index (χ4v) is 6.78. The summed E-state index contributed by atoms with van der Waals surface area (Å²) in [6, 6.07) is 11.1. The van der Waals surface area contributed by atoms with Crippen LogP contribution < -0.4 is 19.7 Å². The van der Waals surface area contributed by atoms with Crippen molar-refractivity contribution in [1.82, 2.24) is 15.0 Å². The number of sulfonamides is 1. The van der Waals surface area contributed by atoms with Crippen LogP contribution in [0.15, 0.2) is 41.4 Å². The van der Waals surface area contributed by atoms with E-state index in [4.69, 9.17) is 4.74 Å². The van der Waals surface area contributed by atoms with Crippen LogP contribution in [-0.4, -0.2) is 50.1 Å². The Labute approximate surface area is 212 Å². The van der Waals surface area contributed by atoms with Crippen LogP contribution >= 0.6 is 0 Å². The minimum absolute atomic E-state index is 0.148. The molecule has 4 fully saturated rings. The monoisotopic (exact) mass is 510 g/mol. The van der Waals surface area contributed by atoms with Gasteiger partial charge in [-0.25, -0.2) is 9.71 Å². The van der Waals surface area contributed by atoms with E-state index in [1.54, 1.807) is 6.07 Å². The number of carbonyl (C=O) groups is 1. The number of hydrogen-bond acceptors (Lipinski definition) is 7. The van der Waals surface area contributed by atoms with Gasteiger partial charge in [-0.1, -0.05) is 37.5 Å². The summed E-state index contributed by atoms with van der Waals surface area (Å²) in [7, 11) is -4.13. The SMILES string of the molecule is Cc1ccc(C2CCCCC2)c(OC2(C(=O)NS(=O)(=O)c3cccc(N4CC5(CCN5)C4)n3)CC2)c1. The molecule has 1 spiro atoms. The van der Waals surface area contributed by atoms with Crippen molar-refractivity contribution in [2.75, 3.05) is 24.5 Å². The minimum atomic E-state index is -4.13. The summed E-state index contributed by atoms with van der Waals surface area (Å²) >= 11 is 0. The molecule has 8 nitrogen and oxygen atoms in total. The summed E-state index contributed by atoms with van der Waals surface area (Å²) in [5.74, 6) is 1.12. The van der Waals surface area contributed by atoms with E-state index < -0.39 is 21.5 Å². The third-order valence-corrected chi connectivity index (χ3v) is 9.50. The van der Waals surface area contributed by atoms with Gasteiger partial charge in [0.1, 0.15) is 11.6 Å². The van der Waals surface area contributed by atoms with Crippen molar-refractivity contribution >= 4 is 21.7 Å². The van der Waals surface area contributed by atoms with Crippen LogP contribution in [0.2, 0.25) is 0 Å². The van der Waals surface area contributed by atoms with E-state index in [0.717, 1.165) is 50.0 Å². The fourth-order valence-electron chi connectivity index (χ4n) is 5.77. The molecule has 0 unspecified atom stereocenters. The van der Waals surface area contributed by atoms with Crippen LogP contribution in [0.1, 0.15) is 68.4 Å². The van der Waals surface area contributed by atoms with Gasteiger partial charge < -0.3 is 15.0 Å². The quantitative estimate of drug-likeness (QED) is 0.589. The maximum Gasteiger partial charge on any atom is 0.281 e. The smallest absolute Gasteiger partial charge is 0.281 e. The van der Waals surface area contributed by atoms with E-state index in [1.165, 1.54) is 25.3 Å². The number of hydrogen-bond donors (Lipinski definition) is 2. The standard InChI is InChI=1S/C27H34N4O4S/c1-19-10-11-21(20-6-3-2-4-7-20)22(16-19)35-27(12-13-27)25(32)30-36(33,34)24-9-5-8-23(29-24)31-17-26(18-31)14-15-28-26/h5,8-11,16,20,28H,2-4,6-7,12-15,17-18H2,1H3,(H,30,32). The summed E-state index contributed by atoms with van der Waals surface area (Å²) in [5, 5.41) is 3.29. The summed E-state index contributed by atoms with van der Waals surface area (Å²) in [6.07, 6.45) is 7.99. The molecule has 9 heteroatoms. The van der Waals surface area contributed by atoms with Gasteiger partial charge in [0.2, 0.25) is 0 Å². The molecule has 2 aliphatic carbocycles. The molecule has 0 atom stereocenters. The number of rotatable bonds is 7. The van der Waals surface area contributed by atoms with Gasteiger partial charge >= 0.3 is 0 Å². The van der Waals surface area contributed by atoms with Gasteiger partial charge in [0.25, 0.3) is 15.9 Å². The van der Waals surface area contributed by atoms with Crippen molar-refractivity contribution in [2.24, 2.45) is 0 Å². The highest BCUT2D eigenvalue weighted by molar-refractivity contribution is 7.90. The molecule has 6 rings (SSSR count). The third-order valence-electron chi connectivity index (χ3n) is 8.26. The second kappa shape index (κ2) is 8.73. The number of anilines is 1. The zero-order valence-corrected chi connectivity index (χ0v) is 21.6. The molecule has 2 aliphatic heterocycles. The van der Waals surface area contributed by atoms with Crippen LogP contribution in [-0.2, 0) is 14.8 Å². The summed E-state index contributed by atoms with van der Waals surface area (Å²) in [4.78, 5) is 19.7. The Morgan fingerprint density at radius 3 is 2.53 bits per heavy atom. The molecule has 3 heterocycles. The van der Waals surface area contributed by atoms with Crippen molar-refractivity contribution in [2.45, 2.75) is 80.4 Å². The van der Waals surface area contributed by atoms with E-state index in [9.17, 15) is 13.2 Å². The molecular formula is C27H34N4O4S. The summed E-state index contributed by atoms with van der Waals surface area (Å²) < 4.78 is 34.9. The highest BCUT2D eigenvalue weighted by atomic mass is 32.2. The zero-order valence-electron chi connectivity index (χ0n) is 20.8. The number of benzene rings is 1. The average Bonchev–Trinajstić information content (AvgIpc) is 3.59. The molecule has 1 aromatic carbocycles. The molecule has 36 heavy (non-hydrogen) atoms. The first-order valence-electron chi connectivity index (χ1n) is 13.1. The van der Waals surface area contributed by atoms with Gasteiger partial charge in [-0.2, -0.15) is 8.42 Å². The van der Waals surface area contributed by atoms with Gasteiger partial charge in [0.15, 0.2) is 10.6 Å². The molecule has 2 saturated carbocycles. The molecule has 2 N–H and O–H groups in total. The first kappa shape index (κ1) is 23.7. The maximum absolute atomic E-state index is 13.2. The Bertz CT molecular complexity index is 1270. The topological polar surface area (TPSA) is 101 Å². The first-order chi connectivity index (χ1) is 17.3. The third kappa shape index (κ3) is 4.36. The van der Waals surface area contributed by atoms with Crippen LogP contribution in [0, 0.1) is 6.92 Å². The van der Waals surface area contributed by atoms with Crippen LogP contribution in [0.5, 0.6) is 5.75 Å². The molecule has 0 radical (unpaired) electrons. The lowest BCUT2D eigenvalue weighted by Gasteiger charge is -2.56. The van der Waals surface area contributed by atoms with Gasteiger partial charge in [0.05, 0.1) is 5.54 Å². The molecule has 2 aromatic rings. The predicted octanol–water partition coefficient (Wildman–Crippen LogP) is 3.41. The Morgan fingerprint density at radius 2 is 1.86 bits per heavy atom. The summed E-state index contributed by atoms with van der Waals surface area (Å²) in [6.45, 7) is 4.65. The molecule has 2 saturated heterocycles. The first-order valence-corrected chi connectivity index (χ1v) is 14.6. The molecule has 0 bridgehead atoms. The molecule has 192 valence electrons. The van der Waals surface area contributed by atoms with E-state index >= 15 is 0 Å². The average molecular weight is 511 g/mol. The molecule has 1 aromatic heterocycles. The van der Waals surface area contributed by atoms with E-state index in [2.05, 4.69) is 32.1 Å². The van der Waals surface area contributed by atoms with Crippen molar-refractivity contribution in [3.63, 3.8) is 0 Å². The molecular weight excluding hydrogens is 476 g/mol. The zero-order chi connectivity index (χ0) is 25.0. The molecule has 4 aliphatic rings. The second-order valence-electron chi connectivity index (χ2n) is 11.1. The number of ether oxygens (including phenoxy) is 1. The van der Waals surface area contributed by atoms with Crippen molar-refractivity contribution in [1.29, 1.82) is 0 Å². The second-order valence-corrected chi connectivity index (χ2v) is 12.7. The summed E-state index contributed by atoms with van der Waals surface area (Å²) in [5.41, 5.74) is 1.19. The highest BCUT2D eigenvalue weighted by Crippen LogP contribution is 2.45. The number of aryl methyl sites for hydroxylation is 1. The van der Waals surface area contributed by atoms with Crippen LogP contribution in [0.25, 0.3) is 0 Å². The lowest BCUT2D eigenvalue weighted by Crippen LogP contribution is -2.76. The number of carbonyl (C=O) groups excluding carboxylic acids is 1. The highest BCUT2D eigenvalue weighted by Gasteiger charge is 2.54. The van der Waals surface area contributed by atoms with Gasteiger partial charge in [-0.15, -0.1) is 0 Å². The van der Waals surface area contributed by atoms with E-state index in [0.29, 0.717) is 30.3 Å². The van der Waals surface area contributed by atoms with Crippen molar-refractivity contribution < 1.29 is 17.9 Å². The van der Waals surface area contributed by atoms with Gasteiger partial charge in [0, 0.05) is 25.9 Å². The maximum atomic E-state index is 13.2. The van der Waals surface area contributed by atoms with Crippen molar-refractivity contribution in [3.05, 3.63) is 47.5 Å². The normalized spacial score (nSPS) is 22.4. The number of nitrogens with one attached hydrogen (secondary N) is 2. The largest absolute Gasteiger partial charge is 0.477 e. The van der Waals surface area contributed by atoms with Crippen LogP contribution in [0.4, 0.5) is 5.82 Å². The number of pyridine rings is 1. The Kier molecular flexibility index (Phi) is 5.75. The predicted molar refractivity (Wildman–Crippen MR) is 137 cm³/mol. The van der Waals surface area contributed by atoms with E-state index in [-0.39, 0.29) is 10.6 Å². The Balaban J connectivity index is 1.17. The lowest BCUT2D eigenvalue weighted by molar-refractivity contribution is -0.128. The van der Waals surface area contributed by atoms with Gasteiger partial charge in [-0.3, -0.25) is 4.79 Å². The number of aromatic nitrogens is 1.